The SMILES string of the molecule is CCC(C)C(C)C(=O)NC(Cc1ccccc1)C(N)=O. The van der Waals surface area contributed by atoms with Crippen molar-refractivity contribution < 1.29 is 9.59 Å². The van der Waals surface area contributed by atoms with Crippen LogP contribution in [0.1, 0.15) is 32.8 Å². The summed E-state index contributed by atoms with van der Waals surface area (Å²) < 4.78 is 0. The summed E-state index contributed by atoms with van der Waals surface area (Å²) in [6, 6.07) is 8.89. The molecule has 3 N–H and O–H groups in total. The molecule has 3 unspecified atom stereocenters. The molecule has 110 valence electrons. The Morgan fingerprint density at radius 1 is 1.20 bits per heavy atom. The Balaban J connectivity index is 2.68. The van der Waals surface area contributed by atoms with Crippen LogP contribution in [0.3, 0.4) is 0 Å². The molecule has 0 aliphatic heterocycles. The maximum atomic E-state index is 12.1. The van der Waals surface area contributed by atoms with Crippen molar-refractivity contribution in [3.8, 4) is 0 Å². The van der Waals surface area contributed by atoms with Gasteiger partial charge in [-0.2, -0.15) is 0 Å². The van der Waals surface area contributed by atoms with E-state index in [0.29, 0.717) is 6.42 Å². The molecule has 0 radical (unpaired) electrons. The quantitative estimate of drug-likeness (QED) is 0.798. The largest absolute Gasteiger partial charge is 0.368 e. The van der Waals surface area contributed by atoms with Crippen molar-refractivity contribution in [2.75, 3.05) is 0 Å². The van der Waals surface area contributed by atoms with Crippen LogP contribution < -0.4 is 11.1 Å². The zero-order valence-electron chi connectivity index (χ0n) is 12.4. The van der Waals surface area contributed by atoms with Crippen molar-refractivity contribution in [3.05, 3.63) is 35.9 Å². The number of benzene rings is 1. The van der Waals surface area contributed by atoms with E-state index in [1.165, 1.54) is 0 Å². The predicted octanol–water partition coefficient (Wildman–Crippen LogP) is 1.88. The lowest BCUT2D eigenvalue weighted by Gasteiger charge is -2.21. The first-order valence-corrected chi connectivity index (χ1v) is 7.09. The van der Waals surface area contributed by atoms with Crippen LogP contribution >= 0.6 is 0 Å². The molecule has 1 aromatic rings. The van der Waals surface area contributed by atoms with E-state index >= 15 is 0 Å². The molecule has 4 heteroatoms. The first kappa shape index (κ1) is 16.2. The minimum absolute atomic E-state index is 0.112. The van der Waals surface area contributed by atoms with Crippen LogP contribution in [0.25, 0.3) is 0 Å². The van der Waals surface area contributed by atoms with E-state index in [2.05, 4.69) is 5.32 Å². The minimum atomic E-state index is -0.656. The first-order valence-electron chi connectivity index (χ1n) is 7.09. The van der Waals surface area contributed by atoms with Gasteiger partial charge in [-0.05, 0) is 11.5 Å². The second-order valence-electron chi connectivity index (χ2n) is 5.33. The van der Waals surface area contributed by atoms with E-state index in [1.807, 2.05) is 51.1 Å². The second kappa shape index (κ2) is 7.68. The van der Waals surface area contributed by atoms with E-state index < -0.39 is 11.9 Å². The van der Waals surface area contributed by atoms with Gasteiger partial charge in [-0.3, -0.25) is 9.59 Å². The normalized spacial score (nSPS) is 15.2. The summed E-state index contributed by atoms with van der Waals surface area (Å²) in [6.45, 7) is 5.95. The standard InChI is InChI=1S/C16H24N2O2/c1-4-11(2)12(3)16(20)18-14(15(17)19)10-13-8-6-5-7-9-13/h5-9,11-12,14H,4,10H2,1-3H3,(H2,17,19)(H,18,20). The van der Waals surface area contributed by atoms with Gasteiger partial charge in [-0.1, -0.05) is 57.5 Å². The van der Waals surface area contributed by atoms with Gasteiger partial charge in [0.1, 0.15) is 6.04 Å². The third kappa shape index (κ3) is 4.68. The number of primary amides is 1. The summed E-state index contributed by atoms with van der Waals surface area (Å²) in [5.41, 5.74) is 6.37. The number of nitrogens with one attached hydrogen (secondary N) is 1. The average Bonchev–Trinajstić information content (AvgIpc) is 2.45. The number of carbonyl (C=O) groups excluding carboxylic acids is 2. The Hall–Kier alpha value is -1.84. The first-order chi connectivity index (χ1) is 9.45. The number of hydrogen-bond acceptors (Lipinski definition) is 2. The number of hydrogen-bond donors (Lipinski definition) is 2. The van der Waals surface area contributed by atoms with Gasteiger partial charge in [0.05, 0.1) is 0 Å². The highest BCUT2D eigenvalue weighted by Gasteiger charge is 2.24. The highest BCUT2D eigenvalue weighted by molar-refractivity contribution is 5.87. The lowest BCUT2D eigenvalue weighted by molar-refractivity contribution is -0.130. The number of nitrogens with two attached hydrogens (primary N) is 1. The molecule has 0 aromatic heterocycles. The summed E-state index contributed by atoms with van der Waals surface area (Å²) in [5, 5.41) is 2.77. The molecule has 0 heterocycles. The summed E-state index contributed by atoms with van der Waals surface area (Å²) >= 11 is 0. The maximum Gasteiger partial charge on any atom is 0.240 e. The molecule has 3 atom stereocenters. The molecule has 0 fully saturated rings. The van der Waals surface area contributed by atoms with Crippen LogP contribution in [-0.2, 0) is 16.0 Å². The zero-order chi connectivity index (χ0) is 15.1. The van der Waals surface area contributed by atoms with E-state index in [9.17, 15) is 9.59 Å². The van der Waals surface area contributed by atoms with Gasteiger partial charge in [0.15, 0.2) is 0 Å². The average molecular weight is 276 g/mol. The molecule has 0 aliphatic carbocycles. The molecule has 2 amide bonds. The summed E-state index contributed by atoms with van der Waals surface area (Å²) in [5.74, 6) is -0.462. The monoisotopic (exact) mass is 276 g/mol. The fourth-order valence-electron chi connectivity index (χ4n) is 1.99. The van der Waals surface area contributed by atoms with Gasteiger partial charge in [0, 0.05) is 12.3 Å². The van der Waals surface area contributed by atoms with Gasteiger partial charge in [0.2, 0.25) is 11.8 Å². The minimum Gasteiger partial charge on any atom is -0.368 e. The van der Waals surface area contributed by atoms with E-state index in [1.54, 1.807) is 0 Å². The third-order valence-electron chi connectivity index (χ3n) is 3.85. The molecule has 0 saturated carbocycles. The Morgan fingerprint density at radius 3 is 2.30 bits per heavy atom. The Labute approximate surface area is 120 Å². The lowest BCUT2D eigenvalue weighted by atomic mass is 9.92. The molecule has 20 heavy (non-hydrogen) atoms. The second-order valence-corrected chi connectivity index (χ2v) is 5.33. The Kier molecular flexibility index (Phi) is 6.22. The Morgan fingerprint density at radius 2 is 1.80 bits per heavy atom. The lowest BCUT2D eigenvalue weighted by Crippen LogP contribution is -2.48. The summed E-state index contributed by atoms with van der Waals surface area (Å²) in [4.78, 5) is 23.6. The molecule has 1 rings (SSSR count). The van der Waals surface area contributed by atoms with Crippen molar-refractivity contribution in [1.29, 1.82) is 0 Å². The number of amides is 2. The van der Waals surface area contributed by atoms with Crippen LogP contribution in [0, 0.1) is 11.8 Å². The van der Waals surface area contributed by atoms with Gasteiger partial charge < -0.3 is 11.1 Å². The molecule has 0 spiro atoms. The van der Waals surface area contributed by atoms with Crippen molar-refractivity contribution >= 4 is 11.8 Å². The zero-order valence-corrected chi connectivity index (χ0v) is 12.4. The summed E-state index contributed by atoms with van der Waals surface area (Å²) in [7, 11) is 0. The summed E-state index contributed by atoms with van der Waals surface area (Å²) in [6.07, 6.45) is 1.35. The maximum absolute atomic E-state index is 12.1. The third-order valence-corrected chi connectivity index (χ3v) is 3.85. The molecule has 1 aromatic carbocycles. The van der Waals surface area contributed by atoms with E-state index in [4.69, 9.17) is 5.73 Å². The fraction of sp³-hybridized carbons (Fsp3) is 0.500. The molecular formula is C16H24N2O2. The van der Waals surface area contributed by atoms with Crippen LogP contribution in [0.2, 0.25) is 0 Å². The smallest absolute Gasteiger partial charge is 0.240 e. The molecule has 0 saturated heterocycles. The topological polar surface area (TPSA) is 72.2 Å². The fourth-order valence-corrected chi connectivity index (χ4v) is 1.99. The van der Waals surface area contributed by atoms with Crippen LogP contribution in [-0.4, -0.2) is 17.9 Å². The van der Waals surface area contributed by atoms with E-state index in [0.717, 1.165) is 12.0 Å². The predicted molar refractivity (Wildman–Crippen MR) is 79.9 cm³/mol. The number of rotatable bonds is 7. The molecule has 0 aliphatic rings. The molecular weight excluding hydrogens is 252 g/mol. The van der Waals surface area contributed by atoms with Gasteiger partial charge >= 0.3 is 0 Å². The van der Waals surface area contributed by atoms with E-state index in [-0.39, 0.29) is 17.7 Å². The highest BCUT2D eigenvalue weighted by atomic mass is 16.2. The Bertz CT molecular complexity index is 445. The molecule has 4 nitrogen and oxygen atoms in total. The van der Waals surface area contributed by atoms with Crippen LogP contribution in [0.15, 0.2) is 30.3 Å². The van der Waals surface area contributed by atoms with Crippen molar-refractivity contribution in [3.63, 3.8) is 0 Å². The van der Waals surface area contributed by atoms with Gasteiger partial charge in [0.25, 0.3) is 0 Å². The number of carbonyl (C=O) groups is 2. The highest BCUT2D eigenvalue weighted by Crippen LogP contribution is 2.15. The van der Waals surface area contributed by atoms with Crippen LogP contribution in [0.5, 0.6) is 0 Å². The molecule has 0 bridgehead atoms. The van der Waals surface area contributed by atoms with Crippen molar-refractivity contribution in [1.82, 2.24) is 5.32 Å². The van der Waals surface area contributed by atoms with Gasteiger partial charge in [-0.15, -0.1) is 0 Å². The van der Waals surface area contributed by atoms with Gasteiger partial charge in [-0.25, -0.2) is 0 Å². The van der Waals surface area contributed by atoms with Crippen molar-refractivity contribution in [2.45, 2.75) is 39.7 Å². The van der Waals surface area contributed by atoms with Crippen molar-refractivity contribution in [2.24, 2.45) is 17.6 Å². The van der Waals surface area contributed by atoms with Crippen LogP contribution in [0.4, 0.5) is 0 Å².